The second-order valence-corrected chi connectivity index (χ2v) is 12.6. The maximum absolute atomic E-state index is 6.15. The van der Waals surface area contributed by atoms with Crippen molar-refractivity contribution >= 4 is 17.4 Å². The summed E-state index contributed by atoms with van der Waals surface area (Å²) in [7, 11) is -2.73. The van der Waals surface area contributed by atoms with E-state index < -0.39 is 17.4 Å². The van der Waals surface area contributed by atoms with Gasteiger partial charge in [-0.1, -0.05) is 18.2 Å². The van der Waals surface area contributed by atoms with Gasteiger partial charge in [-0.3, -0.25) is 0 Å². The average Bonchev–Trinajstić information content (AvgIpc) is 2.15. The molecule has 0 bridgehead atoms. The highest BCUT2D eigenvalue weighted by molar-refractivity contribution is 6.82. The number of hydrogen-bond donors (Lipinski definition) is 0. The Morgan fingerprint density at radius 2 is 1.76 bits per heavy atom. The molecular formula is C13H24O2Si2. The number of para-hydroxylation sites is 1. The molecule has 0 spiro atoms. The minimum atomic E-state index is -1.64. The average molecular weight is 269 g/mol. The third kappa shape index (κ3) is 6.05. The third-order valence-corrected chi connectivity index (χ3v) is 10.5. The fraction of sp³-hybridized carbons (Fsp3) is 0.538. The minimum absolute atomic E-state index is 0.346. The zero-order valence-electron chi connectivity index (χ0n) is 11.6. The van der Waals surface area contributed by atoms with E-state index in [2.05, 4.69) is 33.5 Å². The SMILES string of the molecule is CC(C)O[SiH](C)C[Si](C)(C)Oc1ccccc1. The van der Waals surface area contributed by atoms with Gasteiger partial charge in [0.1, 0.15) is 5.75 Å². The van der Waals surface area contributed by atoms with Crippen molar-refractivity contribution in [3.63, 3.8) is 0 Å². The summed E-state index contributed by atoms with van der Waals surface area (Å²) in [6.07, 6.45) is 0.346. The van der Waals surface area contributed by atoms with E-state index in [-0.39, 0.29) is 0 Å². The predicted octanol–water partition coefficient (Wildman–Crippen LogP) is 3.59. The van der Waals surface area contributed by atoms with E-state index in [0.29, 0.717) is 6.10 Å². The largest absolute Gasteiger partial charge is 0.544 e. The predicted molar refractivity (Wildman–Crippen MR) is 78.6 cm³/mol. The molecule has 1 atom stereocenters. The topological polar surface area (TPSA) is 18.5 Å². The van der Waals surface area contributed by atoms with Crippen LogP contribution in [0.4, 0.5) is 0 Å². The highest BCUT2D eigenvalue weighted by atomic mass is 28.4. The first-order valence-electron chi connectivity index (χ1n) is 6.28. The number of benzene rings is 1. The van der Waals surface area contributed by atoms with Gasteiger partial charge >= 0.3 is 0 Å². The van der Waals surface area contributed by atoms with Crippen molar-refractivity contribution < 1.29 is 8.85 Å². The Hall–Kier alpha value is -0.586. The summed E-state index contributed by atoms with van der Waals surface area (Å²) in [6, 6.07) is 10.1. The van der Waals surface area contributed by atoms with Crippen LogP contribution in [0.2, 0.25) is 25.3 Å². The molecule has 1 rings (SSSR count). The summed E-state index contributed by atoms with van der Waals surface area (Å²) in [4.78, 5) is 0. The van der Waals surface area contributed by atoms with Crippen LogP contribution in [0.15, 0.2) is 30.3 Å². The lowest BCUT2D eigenvalue weighted by Crippen LogP contribution is -2.40. The zero-order valence-corrected chi connectivity index (χ0v) is 13.7. The third-order valence-electron chi connectivity index (χ3n) is 2.42. The minimum Gasteiger partial charge on any atom is -0.544 e. The molecule has 2 nitrogen and oxygen atoms in total. The van der Waals surface area contributed by atoms with E-state index in [1.54, 1.807) is 0 Å². The Morgan fingerprint density at radius 1 is 1.18 bits per heavy atom. The zero-order chi connectivity index (χ0) is 12.9. The summed E-state index contributed by atoms with van der Waals surface area (Å²) >= 11 is 0. The highest BCUT2D eigenvalue weighted by Gasteiger charge is 2.28. The molecule has 0 aliphatic heterocycles. The van der Waals surface area contributed by atoms with E-state index in [1.807, 2.05) is 30.3 Å². The first kappa shape index (κ1) is 14.5. The van der Waals surface area contributed by atoms with Crippen molar-refractivity contribution in [3.05, 3.63) is 30.3 Å². The normalized spacial score (nSPS) is 13.8. The first-order chi connectivity index (χ1) is 7.89. The molecule has 0 amide bonds. The van der Waals surface area contributed by atoms with Gasteiger partial charge in [-0.05, 0) is 51.3 Å². The molecule has 17 heavy (non-hydrogen) atoms. The lowest BCUT2D eigenvalue weighted by Gasteiger charge is -2.27. The molecule has 0 saturated heterocycles. The molecule has 0 N–H and O–H groups in total. The van der Waals surface area contributed by atoms with E-state index in [0.717, 1.165) is 11.4 Å². The second-order valence-electron chi connectivity index (χ2n) is 5.37. The Kier molecular flexibility index (Phi) is 5.43. The number of hydrogen-bond acceptors (Lipinski definition) is 2. The number of rotatable bonds is 6. The van der Waals surface area contributed by atoms with Crippen molar-refractivity contribution in [2.24, 2.45) is 0 Å². The maximum Gasteiger partial charge on any atom is 0.244 e. The molecule has 0 aromatic heterocycles. The van der Waals surface area contributed by atoms with Gasteiger partial charge in [0.05, 0.1) is 0 Å². The Balaban J connectivity index is 2.51. The van der Waals surface area contributed by atoms with Crippen LogP contribution >= 0.6 is 0 Å². The van der Waals surface area contributed by atoms with Crippen LogP contribution in [0.5, 0.6) is 5.75 Å². The van der Waals surface area contributed by atoms with Gasteiger partial charge in [-0.25, -0.2) is 0 Å². The van der Waals surface area contributed by atoms with Crippen LogP contribution in [-0.4, -0.2) is 23.5 Å². The fourth-order valence-corrected chi connectivity index (χ4v) is 10.0. The lowest BCUT2D eigenvalue weighted by molar-refractivity contribution is 0.246. The molecule has 0 radical (unpaired) electrons. The highest BCUT2D eigenvalue weighted by Crippen LogP contribution is 2.20. The van der Waals surface area contributed by atoms with Crippen molar-refractivity contribution in [2.45, 2.75) is 45.3 Å². The molecule has 4 heteroatoms. The van der Waals surface area contributed by atoms with Crippen LogP contribution < -0.4 is 4.43 Å². The van der Waals surface area contributed by atoms with Gasteiger partial charge in [-0.2, -0.15) is 0 Å². The van der Waals surface area contributed by atoms with Gasteiger partial charge < -0.3 is 8.85 Å². The van der Waals surface area contributed by atoms with Crippen LogP contribution in [0, 0.1) is 0 Å². The van der Waals surface area contributed by atoms with Crippen LogP contribution in [0.1, 0.15) is 13.8 Å². The molecule has 0 fully saturated rings. The van der Waals surface area contributed by atoms with E-state index in [9.17, 15) is 0 Å². The molecule has 1 aromatic carbocycles. The van der Waals surface area contributed by atoms with Crippen LogP contribution in [0.25, 0.3) is 0 Å². The van der Waals surface area contributed by atoms with Crippen molar-refractivity contribution in [1.82, 2.24) is 0 Å². The van der Waals surface area contributed by atoms with Crippen LogP contribution in [-0.2, 0) is 4.43 Å². The van der Waals surface area contributed by atoms with Crippen molar-refractivity contribution in [3.8, 4) is 5.75 Å². The van der Waals surface area contributed by atoms with Gasteiger partial charge in [0, 0.05) is 6.10 Å². The van der Waals surface area contributed by atoms with Crippen LogP contribution in [0.3, 0.4) is 0 Å². The van der Waals surface area contributed by atoms with E-state index in [1.165, 1.54) is 0 Å². The first-order valence-corrected chi connectivity index (χ1v) is 11.8. The molecule has 0 aliphatic rings. The lowest BCUT2D eigenvalue weighted by atomic mass is 10.3. The van der Waals surface area contributed by atoms with Gasteiger partial charge in [-0.15, -0.1) is 0 Å². The van der Waals surface area contributed by atoms with Gasteiger partial charge in [0.15, 0.2) is 9.04 Å². The molecule has 0 saturated carbocycles. The summed E-state index contributed by atoms with van der Waals surface area (Å²) in [5, 5.41) is 0. The summed E-state index contributed by atoms with van der Waals surface area (Å²) < 4.78 is 12.1. The molecule has 96 valence electrons. The molecule has 0 aliphatic carbocycles. The quantitative estimate of drug-likeness (QED) is 0.734. The standard InChI is InChI=1S/C13H24O2Si2/c1-12(2)14-16(3)11-17(4,5)15-13-9-7-6-8-10-13/h6-10,12,16H,11H2,1-5H3. The smallest absolute Gasteiger partial charge is 0.244 e. The molecular weight excluding hydrogens is 244 g/mol. The van der Waals surface area contributed by atoms with E-state index >= 15 is 0 Å². The molecule has 1 unspecified atom stereocenters. The fourth-order valence-electron chi connectivity index (χ4n) is 2.05. The van der Waals surface area contributed by atoms with Gasteiger partial charge in [0.2, 0.25) is 8.32 Å². The summed E-state index contributed by atoms with van der Waals surface area (Å²) in [5.41, 5.74) is 1.15. The summed E-state index contributed by atoms with van der Waals surface area (Å²) in [6.45, 7) is 11.0. The molecule has 1 aromatic rings. The maximum atomic E-state index is 6.15. The van der Waals surface area contributed by atoms with Crippen molar-refractivity contribution in [1.29, 1.82) is 0 Å². The Bertz CT molecular complexity index is 325. The monoisotopic (exact) mass is 268 g/mol. The second kappa shape index (κ2) is 6.37. The Morgan fingerprint density at radius 3 is 2.29 bits per heavy atom. The summed E-state index contributed by atoms with van der Waals surface area (Å²) in [5.74, 6) is 0.995. The van der Waals surface area contributed by atoms with E-state index in [4.69, 9.17) is 8.85 Å². The Labute approximate surface area is 108 Å². The molecule has 0 heterocycles. The van der Waals surface area contributed by atoms with Crippen molar-refractivity contribution in [2.75, 3.05) is 0 Å². The van der Waals surface area contributed by atoms with Gasteiger partial charge in [0.25, 0.3) is 0 Å².